The van der Waals surface area contributed by atoms with Crippen molar-refractivity contribution in [3.05, 3.63) is 34.9 Å². The molecule has 0 aromatic heterocycles. The molecule has 0 saturated heterocycles. The van der Waals surface area contributed by atoms with Crippen LogP contribution in [0.5, 0.6) is 0 Å². The van der Waals surface area contributed by atoms with Crippen molar-refractivity contribution in [1.29, 1.82) is 0 Å². The second-order valence-corrected chi connectivity index (χ2v) is 6.28. The topological polar surface area (TPSA) is 15.3 Å². The minimum atomic E-state index is 0.428. The van der Waals surface area contributed by atoms with Gasteiger partial charge in [0.25, 0.3) is 0 Å². The highest BCUT2D eigenvalue weighted by molar-refractivity contribution is 5.31. The van der Waals surface area contributed by atoms with Crippen LogP contribution in [-0.2, 0) is 0 Å². The number of hydrogen-bond acceptors (Lipinski definition) is 2. The van der Waals surface area contributed by atoms with Gasteiger partial charge >= 0.3 is 0 Å². The van der Waals surface area contributed by atoms with E-state index in [0.717, 1.165) is 25.6 Å². The highest BCUT2D eigenvalue weighted by Crippen LogP contribution is 2.19. The van der Waals surface area contributed by atoms with Gasteiger partial charge < -0.3 is 10.2 Å². The number of nitrogens with zero attached hydrogens (tertiary/aromatic N) is 1. The van der Waals surface area contributed by atoms with Crippen LogP contribution in [0.15, 0.2) is 18.2 Å². The fraction of sp³-hybridized carbons (Fsp3) is 0.667. The summed E-state index contributed by atoms with van der Waals surface area (Å²) in [5.41, 5.74) is 4.14. The summed E-state index contributed by atoms with van der Waals surface area (Å²) in [4.78, 5) is 2.55. The lowest BCUT2D eigenvalue weighted by Crippen LogP contribution is -2.37. The largest absolute Gasteiger partial charge is 0.309 e. The zero-order chi connectivity index (χ0) is 15.1. The van der Waals surface area contributed by atoms with E-state index in [2.05, 4.69) is 70.0 Å². The summed E-state index contributed by atoms with van der Waals surface area (Å²) in [5.74, 6) is 0.719. The average molecular weight is 276 g/mol. The Hall–Kier alpha value is -0.860. The molecular formula is C18H32N2. The molecule has 114 valence electrons. The predicted molar refractivity (Wildman–Crippen MR) is 89.3 cm³/mol. The zero-order valence-corrected chi connectivity index (χ0v) is 14.2. The highest BCUT2D eigenvalue weighted by Gasteiger charge is 2.15. The summed E-state index contributed by atoms with van der Waals surface area (Å²) in [5, 5.41) is 3.65. The van der Waals surface area contributed by atoms with Crippen LogP contribution in [0.3, 0.4) is 0 Å². The Morgan fingerprint density at radius 1 is 1.00 bits per heavy atom. The molecule has 20 heavy (non-hydrogen) atoms. The number of aryl methyl sites for hydroxylation is 2. The quantitative estimate of drug-likeness (QED) is 0.774. The smallest absolute Gasteiger partial charge is 0.0449 e. The molecule has 1 atom stereocenters. The van der Waals surface area contributed by atoms with Gasteiger partial charge in [0, 0.05) is 19.1 Å². The van der Waals surface area contributed by atoms with Gasteiger partial charge in [0.2, 0.25) is 0 Å². The first kappa shape index (κ1) is 17.2. The predicted octanol–water partition coefficient (Wildman–Crippen LogP) is 3.93. The van der Waals surface area contributed by atoms with Crippen molar-refractivity contribution in [2.45, 2.75) is 47.6 Å². The van der Waals surface area contributed by atoms with Gasteiger partial charge in [-0.3, -0.25) is 0 Å². The molecule has 1 rings (SSSR count). The summed E-state index contributed by atoms with van der Waals surface area (Å²) in [6, 6.07) is 7.32. The van der Waals surface area contributed by atoms with Crippen LogP contribution in [0, 0.1) is 19.8 Å². The molecule has 2 heteroatoms. The third kappa shape index (κ3) is 5.64. The van der Waals surface area contributed by atoms with Crippen LogP contribution >= 0.6 is 0 Å². The van der Waals surface area contributed by atoms with Crippen molar-refractivity contribution in [3.8, 4) is 0 Å². The highest BCUT2D eigenvalue weighted by atomic mass is 15.1. The van der Waals surface area contributed by atoms with Crippen molar-refractivity contribution in [2.24, 2.45) is 5.92 Å². The van der Waals surface area contributed by atoms with Gasteiger partial charge in [0.05, 0.1) is 0 Å². The molecule has 0 spiro atoms. The molecule has 0 aliphatic carbocycles. The van der Waals surface area contributed by atoms with Crippen molar-refractivity contribution >= 4 is 0 Å². The minimum Gasteiger partial charge on any atom is -0.309 e. The van der Waals surface area contributed by atoms with E-state index in [1.807, 2.05) is 0 Å². The van der Waals surface area contributed by atoms with E-state index in [1.165, 1.54) is 23.2 Å². The van der Waals surface area contributed by atoms with E-state index >= 15 is 0 Å². The third-order valence-corrected chi connectivity index (χ3v) is 3.61. The van der Waals surface area contributed by atoms with E-state index in [1.54, 1.807) is 0 Å². The molecule has 0 heterocycles. The molecule has 0 radical (unpaired) electrons. The fourth-order valence-electron chi connectivity index (χ4n) is 2.85. The summed E-state index contributed by atoms with van der Waals surface area (Å²) in [6.07, 6.45) is 0. The molecule has 1 N–H and O–H groups in total. The molecule has 0 saturated carbocycles. The number of likely N-dealkylation sites (N-methyl/N-ethyl adjacent to an activating group) is 2. The van der Waals surface area contributed by atoms with Crippen LogP contribution < -0.4 is 5.32 Å². The van der Waals surface area contributed by atoms with E-state index in [0.29, 0.717) is 6.04 Å². The SMILES string of the molecule is CCNC(CN(CC)CC(C)C)c1cc(C)cc(C)c1. The van der Waals surface area contributed by atoms with Crippen LogP contribution in [0.4, 0.5) is 0 Å². The van der Waals surface area contributed by atoms with E-state index in [4.69, 9.17) is 0 Å². The van der Waals surface area contributed by atoms with E-state index in [-0.39, 0.29) is 0 Å². The van der Waals surface area contributed by atoms with Crippen molar-refractivity contribution in [2.75, 3.05) is 26.2 Å². The second-order valence-electron chi connectivity index (χ2n) is 6.28. The summed E-state index contributed by atoms with van der Waals surface area (Å²) >= 11 is 0. The second kappa shape index (κ2) is 8.43. The van der Waals surface area contributed by atoms with Crippen molar-refractivity contribution < 1.29 is 0 Å². The Bertz CT molecular complexity index is 378. The van der Waals surface area contributed by atoms with Crippen LogP contribution in [0.2, 0.25) is 0 Å². The van der Waals surface area contributed by atoms with Gasteiger partial charge in [-0.2, -0.15) is 0 Å². The first-order valence-corrected chi connectivity index (χ1v) is 8.00. The van der Waals surface area contributed by atoms with Gasteiger partial charge in [-0.15, -0.1) is 0 Å². The monoisotopic (exact) mass is 276 g/mol. The van der Waals surface area contributed by atoms with Gasteiger partial charge in [-0.1, -0.05) is 57.0 Å². The molecule has 1 aromatic rings. The Morgan fingerprint density at radius 3 is 2.05 bits per heavy atom. The molecule has 0 aliphatic heterocycles. The molecular weight excluding hydrogens is 244 g/mol. The van der Waals surface area contributed by atoms with E-state index in [9.17, 15) is 0 Å². The first-order valence-electron chi connectivity index (χ1n) is 8.00. The van der Waals surface area contributed by atoms with Gasteiger partial charge in [0.15, 0.2) is 0 Å². The number of benzene rings is 1. The fourth-order valence-corrected chi connectivity index (χ4v) is 2.85. The van der Waals surface area contributed by atoms with Gasteiger partial charge in [0.1, 0.15) is 0 Å². The molecule has 0 aliphatic rings. The van der Waals surface area contributed by atoms with E-state index < -0.39 is 0 Å². The van der Waals surface area contributed by atoms with Gasteiger partial charge in [-0.25, -0.2) is 0 Å². The Morgan fingerprint density at radius 2 is 1.60 bits per heavy atom. The van der Waals surface area contributed by atoms with Crippen molar-refractivity contribution in [3.63, 3.8) is 0 Å². The number of hydrogen-bond donors (Lipinski definition) is 1. The lowest BCUT2D eigenvalue weighted by Gasteiger charge is -2.29. The lowest BCUT2D eigenvalue weighted by molar-refractivity contribution is 0.229. The Labute approximate surface area is 125 Å². The molecule has 1 aromatic carbocycles. The lowest BCUT2D eigenvalue weighted by atomic mass is 10.0. The molecule has 0 amide bonds. The maximum atomic E-state index is 3.65. The van der Waals surface area contributed by atoms with Crippen LogP contribution in [0.25, 0.3) is 0 Å². The Balaban J connectivity index is 2.86. The van der Waals surface area contributed by atoms with Crippen LogP contribution in [0.1, 0.15) is 50.4 Å². The molecule has 1 unspecified atom stereocenters. The minimum absolute atomic E-state index is 0.428. The van der Waals surface area contributed by atoms with Crippen LogP contribution in [-0.4, -0.2) is 31.1 Å². The summed E-state index contributed by atoms with van der Waals surface area (Å²) in [6.45, 7) is 17.8. The third-order valence-electron chi connectivity index (χ3n) is 3.61. The zero-order valence-electron chi connectivity index (χ0n) is 14.2. The number of rotatable bonds is 8. The normalized spacial score (nSPS) is 13.2. The maximum Gasteiger partial charge on any atom is 0.0449 e. The van der Waals surface area contributed by atoms with Crippen molar-refractivity contribution in [1.82, 2.24) is 10.2 Å². The standard InChI is InChI=1S/C18H32N2/c1-7-19-18(13-20(8-2)12-14(3)4)17-10-15(5)9-16(6)11-17/h9-11,14,18-19H,7-8,12-13H2,1-6H3. The summed E-state index contributed by atoms with van der Waals surface area (Å²) < 4.78 is 0. The first-order chi connectivity index (χ1) is 9.46. The Kier molecular flexibility index (Phi) is 7.25. The van der Waals surface area contributed by atoms with Gasteiger partial charge in [-0.05, 0) is 38.4 Å². The maximum absolute atomic E-state index is 3.65. The average Bonchev–Trinajstić information content (AvgIpc) is 2.35. The molecule has 0 fully saturated rings. The number of nitrogens with one attached hydrogen (secondary N) is 1. The summed E-state index contributed by atoms with van der Waals surface area (Å²) in [7, 11) is 0. The molecule has 0 bridgehead atoms. The molecule has 2 nitrogen and oxygen atoms in total.